The van der Waals surface area contributed by atoms with Crippen LogP contribution in [0.4, 0.5) is 5.69 Å². The van der Waals surface area contributed by atoms with Crippen LogP contribution in [0, 0.1) is 12.8 Å². The van der Waals surface area contributed by atoms with Crippen molar-refractivity contribution in [3.05, 3.63) is 28.8 Å². The lowest BCUT2D eigenvalue weighted by molar-refractivity contribution is 0.436. The Balaban J connectivity index is 2.13. The van der Waals surface area contributed by atoms with Gasteiger partial charge >= 0.3 is 0 Å². The topological polar surface area (TPSA) is 15.3 Å². The third kappa shape index (κ3) is 4.12. The molecule has 0 spiro atoms. The first-order valence-electron chi connectivity index (χ1n) is 7.30. The molecule has 1 unspecified atom stereocenters. The minimum atomic E-state index is 0.569. The number of aryl methyl sites for hydroxylation is 1. The molecule has 0 bridgehead atoms. The van der Waals surface area contributed by atoms with Gasteiger partial charge in [-0.3, -0.25) is 0 Å². The van der Waals surface area contributed by atoms with E-state index in [1.165, 1.54) is 24.1 Å². The molecular weight excluding hydrogens is 256 g/mol. The molecule has 1 aromatic carbocycles. The molecule has 0 amide bonds. The van der Waals surface area contributed by atoms with Crippen LogP contribution in [0.25, 0.3) is 0 Å². The van der Waals surface area contributed by atoms with Crippen LogP contribution < -0.4 is 10.2 Å². The van der Waals surface area contributed by atoms with E-state index >= 15 is 0 Å². The summed E-state index contributed by atoms with van der Waals surface area (Å²) >= 11 is 6.41. The highest BCUT2D eigenvalue weighted by molar-refractivity contribution is 6.33. The normalized spacial score (nSPS) is 20.7. The number of halogens is 1. The molecule has 106 valence electrons. The quantitative estimate of drug-likeness (QED) is 0.904. The predicted octanol–water partition coefficient (Wildman–Crippen LogP) is 3.86. The van der Waals surface area contributed by atoms with Crippen molar-refractivity contribution >= 4 is 17.3 Å². The van der Waals surface area contributed by atoms with Gasteiger partial charge in [0.25, 0.3) is 0 Å². The number of anilines is 1. The minimum Gasteiger partial charge on any atom is -0.369 e. The van der Waals surface area contributed by atoms with Crippen LogP contribution in [0.5, 0.6) is 0 Å². The summed E-state index contributed by atoms with van der Waals surface area (Å²) < 4.78 is 0. The Morgan fingerprint density at radius 2 is 2.21 bits per heavy atom. The second-order valence-corrected chi connectivity index (χ2v) is 6.44. The lowest BCUT2D eigenvalue weighted by atomic mass is 10.0. The van der Waals surface area contributed by atoms with E-state index in [9.17, 15) is 0 Å². The fraction of sp³-hybridized carbons (Fsp3) is 0.625. The fourth-order valence-electron chi connectivity index (χ4n) is 2.81. The number of hydrogen-bond acceptors (Lipinski definition) is 2. The molecule has 2 nitrogen and oxygen atoms in total. The second kappa shape index (κ2) is 6.62. The van der Waals surface area contributed by atoms with Crippen molar-refractivity contribution in [1.82, 2.24) is 5.32 Å². The van der Waals surface area contributed by atoms with Gasteiger partial charge in [-0.15, -0.1) is 0 Å². The summed E-state index contributed by atoms with van der Waals surface area (Å²) in [5.41, 5.74) is 2.41. The van der Waals surface area contributed by atoms with E-state index < -0.39 is 0 Å². The summed E-state index contributed by atoms with van der Waals surface area (Å²) in [6.07, 6.45) is 2.40. The fourth-order valence-corrected chi connectivity index (χ4v) is 3.17. The van der Waals surface area contributed by atoms with Crippen LogP contribution >= 0.6 is 11.6 Å². The summed E-state index contributed by atoms with van der Waals surface area (Å²) in [6, 6.07) is 6.94. The highest BCUT2D eigenvalue weighted by Gasteiger charge is 2.20. The van der Waals surface area contributed by atoms with Crippen LogP contribution in [0.15, 0.2) is 18.2 Å². The molecule has 19 heavy (non-hydrogen) atoms. The van der Waals surface area contributed by atoms with Gasteiger partial charge in [0.05, 0.1) is 10.7 Å². The first-order chi connectivity index (χ1) is 9.06. The van der Waals surface area contributed by atoms with E-state index in [-0.39, 0.29) is 0 Å². The van der Waals surface area contributed by atoms with Gasteiger partial charge in [0, 0.05) is 19.1 Å². The summed E-state index contributed by atoms with van der Waals surface area (Å²) in [6.45, 7) is 9.91. The maximum absolute atomic E-state index is 6.41. The van der Waals surface area contributed by atoms with Crippen molar-refractivity contribution in [2.24, 2.45) is 5.92 Å². The summed E-state index contributed by atoms with van der Waals surface area (Å²) in [7, 11) is 0. The van der Waals surface area contributed by atoms with Gasteiger partial charge in [-0.05, 0) is 49.9 Å². The third-order valence-corrected chi connectivity index (χ3v) is 3.98. The van der Waals surface area contributed by atoms with Crippen molar-refractivity contribution in [2.75, 3.05) is 24.5 Å². The molecule has 1 heterocycles. The average Bonchev–Trinajstić information content (AvgIpc) is 2.53. The number of nitrogens with zero attached hydrogens (tertiary/aromatic N) is 1. The average molecular weight is 281 g/mol. The zero-order valence-electron chi connectivity index (χ0n) is 12.2. The second-order valence-electron chi connectivity index (χ2n) is 6.04. The van der Waals surface area contributed by atoms with Gasteiger partial charge in [-0.25, -0.2) is 0 Å². The maximum atomic E-state index is 6.41. The zero-order chi connectivity index (χ0) is 13.8. The highest BCUT2D eigenvalue weighted by Crippen LogP contribution is 2.28. The Morgan fingerprint density at radius 1 is 1.42 bits per heavy atom. The molecule has 1 atom stereocenters. The molecule has 0 radical (unpaired) electrons. The molecular formula is C16H25ClN2. The van der Waals surface area contributed by atoms with Crippen LogP contribution in [-0.4, -0.2) is 25.7 Å². The van der Waals surface area contributed by atoms with E-state index in [1.54, 1.807) is 0 Å². The lowest BCUT2D eigenvalue weighted by Gasteiger charge is -2.28. The van der Waals surface area contributed by atoms with Gasteiger partial charge in [-0.2, -0.15) is 0 Å². The van der Waals surface area contributed by atoms with E-state index in [0.717, 1.165) is 30.6 Å². The first kappa shape index (κ1) is 14.7. The third-order valence-electron chi connectivity index (χ3n) is 3.68. The van der Waals surface area contributed by atoms with E-state index in [4.69, 9.17) is 11.6 Å². The van der Waals surface area contributed by atoms with Crippen LogP contribution in [0.3, 0.4) is 0 Å². The Kier molecular flexibility index (Phi) is 5.12. The Bertz CT molecular complexity index is 417. The van der Waals surface area contributed by atoms with Crippen molar-refractivity contribution in [1.29, 1.82) is 0 Å². The monoisotopic (exact) mass is 280 g/mol. The molecule has 1 saturated heterocycles. The molecule has 1 aliphatic heterocycles. The van der Waals surface area contributed by atoms with Crippen LogP contribution in [0.2, 0.25) is 5.02 Å². The predicted molar refractivity (Wildman–Crippen MR) is 84.3 cm³/mol. The minimum absolute atomic E-state index is 0.569. The van der Waals surface area contributed by atoms with Crippen molar-refractivity contribution in [3.63, 3.8) is 0 Å². The van der Waals surface area contributed by atoms with E-state index in [0.29, 0.717) is 6.04 Å². The molecule has 1 N–H and O–H groups in total. The summed E-state index contributed by atoms with van der Waals surface area (Å²) in [4.78, 5) is 2.44. The number of nitrogens with one attached hydrogen (secondary N) is 1. The number of benzene rings is 1. The van der Waals surface area contributed by atoms with Gasteiger partial charge in [0.15, 0.2) is 0 Å². The van der Waals surface area contributed by atoms with Crippen LogP contribution in [0.1, 0.15) is 32.3 Å². The largest absolute Gasteiger partial charge is 0.369 e. The zero-order valence-corrected chi connectivity index (χ0v) is 13.0. The van der Waals surface area contributed by atoms with E-state index in [1.807, 2.05) is 0 Å². The highest BCUT2D eigenvalue weighted by atomic mass is 35.5. The molecule has 1 fully saturated rings. The number of hydrogen-bond donors (Lipinski definition) is 1. The Morgan fingerprint density at radius 3 is 2.89 bits per heavy atom. The Hall–Kier alpha value is -0.730. The van der Waals surface area contributed by atoms with Gasteiger partial charge < -0.3 is 10.2 Å². The SMILES string of the molecule is Cc1ccc(N2CCCNC(CC(C)C)C2)c(Cl)c1. The molecule has 2 rings (SSSR count). The molecule has 1 aromatic rings. The molecule has 3 heteroatoms. The van der Waals surface area contributed by atoms with Gasteiger partial charge in [0.2, 0.25) is 0 Å². The van der Waals surface area contributed by atoms with Crippen LogP contribution in [-0.2, 0) is 0 Å². The summed E-state index contributed by atoms with van der Waals surface area (Å²) in [5, 5.41) is 4.54. The lowest BCUT2D eigenvalue weighted by Crippen LogP contribution is -2.38. The molecule has 0 aliphatic carbocycles. The number of rotatable bonds is 3. The maximum Gasteiger partial charge on any atom is 0.0642 e. The van der Waals surface area contributed by atoms with E-state index in [2.05, 4.69) is 49.2 Å². The van der Waals surface area contributed by atoms with Gasteiger partial charge in [-0.1, -0.05) is 31.5 Å². The Labute approximate surface area is 122 Å². The molecule has 1 aliphatic rings. The molecule has 0 saturated carbocycles. The summed E-state index contributed by atoms with van der Waals surface area (Å²) in [5.74, 6) is 0.728. The standard InChI is InChI=1S/C16H25ClN2/c1-12(2)9-14-11-19(8-4-7-18-14)16-6-5-13(3)10-15(16)17/h5-6,10,12,14,18H,4,7-9,11H2,1-3H3. The molecule has 0 aromatic heterocycles. The van der Waals surface area contributed by atoms with Gasteiger partial charge in [0.1, 0.15) is 0 Å². The smallest absolute Gasteiger partial charge is 0.0642 e. The first-order valence-corrected chi connectivity index (χ1v) is 7.68. The van der Waals surface area contributed by atoms with Crippen molar-refractivity contribution < 1.29 is 0 Å². The van der Waals surface area contributed by atoms with Crippen molar-refractivity contribution in [3.8, 4) is 0 Å². The van der Waals surface area contributed by atoms with Crippen molar-refractivity contribution in [2.45, 2.75) is 39.7 Å².